The number of hydrogen-bond acceptors (Lipinski definition) is 2. The summed E-state index contributed by atoms with van der Waals surface area (Å²) in [7, 11) is 0. The average molecular weight is 281 g/mol. The van der Waals surface area contributed by atoms with Crippen LogP contribution in [0.5, 0.6) is 0 Å². The number of nitrogens with two attached hydrogens (primary N) is 1. The summed E-state index contributed by atoms with van der Waals surface area (Å²) in [5, 5.41) is 3.22. The third-order valence-electron chi connectivity index (χ3n) is 4.33. The van der Waals surface area contributed by atoms with Gasteiger partial charge in [0.1, 0.15) is 0 Å². The zero-order valence-corrected chi connectivity index (χ0v) is 12.1. The van der Waals surface area contributed by atoms with E-state index in [2.05, 4.69) is 18.3 Å². The van der Waals surface area contributed by atoms with Gasteiger partial charge < -0.3 is 11.1 Å². The smallest absolute Gasteiger partial charge is 0.226 e. The molecule has 2 aliphatic rings. The molecule has 2 aliphatic carbocycles. The number of benzene rings is 1. The van der Waals surface area contributed by atoms with E-state index in [9.17, 15) is 4.79 Å². The standard InChI is InChI=1S/C15H20N2O.ClH/c1-15(7-8-15)14(18)17-13-4-2-3-10-9-11(16)5-6-12(10)13;/h5-6,9,13H,2-4,7-8,16H2,1H3,(H,17,18);1H. The highest BCUT2D eigenvalue weighted by atomic mass is 35.5. The number of anilines is 1. The molecule has 1 amide bonds. The number of nitrogen functional groups attached to an aromatic ring is 1. The highest BCUT2D eigenvalue weighted by Gasteiger charge is 2.45. The van der Waals surface area contributed by atoms with Crippen molar-refractivity contribution in [1.29, 1.82) is 0 Å². The fraction of sp³-hybridized carbons (Fsp3) is 0.533. The van der Waals surface area contributed by atoms with E-state index in [4.69, 9.17) is 5.73 Å². The third-order valence-corrected chi connectivity index (χ3v) is 4.33. The summed E-state index contributed by atoms with van der Waals surface area (Å²) in [4.78, 5) is 12.1. The largest absolute Gasteiger partial charge is 0.399 e. The van der Waals surface area contributed by atoms with Crippen molar-refractivity contribution < 1.29 is 4.79 Å². The fourth-order valence-electron chi connectivity index (χ4n) is 2.73. The Bertz CT molecular complexity index is 497. The molecule has 1 fully saturated rings. The van der Waals surface area contributed by atoms with Gasteiger partial charge in [0, 0.05) is 11.1 Å². The first-order chi connectivity index (χ1) is 8.58. The molecule has 0 heterocycles. The molecule has 1 saturated carbocycles. The van der Waals surface area contributed by atoms with Crippen LogP contribution in [-0.4, -0.2) is 5.91 Å². The van der Waals surface area contributed by atoms with Crippen molar-refractivity contribution in [2.75, 3.05) is 5.73 Å². The molecule has 19 heavy (non-hydrogen) atoms. The van der Waals surface area contributed by atoms with Crippen molar-refractivity contribution in [2.24, 2.45) is 5.41 Å². The molecule has 3 nitrogen and oxygen atoms in total. The van der Waals surface area contributed by atoms with Crippen molar-refractivity contribution in [2.45, 2.75) is 45.1 Å². The Morgan fingerprint density at radius 3 is 2.84 bits per heavy atom. The van der Waals surface area contributed by atoms with Crippen molar-refractivity contribution in [3.8, 4) is 0 Å². The number of carbonyl (C=O) groups is 1. The highest BCUT2D eigenvalue weighted by Crippen LogP contribution is 2.45. The normalized spacial score (nSPS) is 22.9. The van der Waals surface area contributed by atoms with Crippen molar-refractivity contribution in [1.82, 2.24) is 5.32 Å². The topological polar surface area (TPSA) is 55.1 Å². The summed E-state index contributed by atoms with van der Waals surface area (Å²) < 4.78 is 0. The summed E-state index contributed by atoms with van der Waals surface area (Å²) in [5.41, 5.74) is 9.10. The summed E-state index contributed by atoms with van der Waals surface area (Å²) in [6.45, 7) is 2.05. The van der Waals surface area contributed by atoms with Gasteiger partial charge in [0.2, 0.25) is 5.91 Å². The second kappa shape index (κ2) is 5.04. The molecule has 1 atom stereocenters. The Morgan fingerprint density at radius 1 is 1.42 bits per heavy atom. The minimum Gasteiger partial charge on any atom is -0.399 e. The number of fused-ring (bicyclic) bond motifs is 1. The number of rotatable bonds is 2. The zero-order chi connectivity index (χ0) is 12.8. The van der Waals surface area contributed by atoms with E-state index in [1.54, 1.807) is 0 Å². The lowest BCUT2D eigenvalue weighted by Crippen LogP contribution is -2.35. The summed E-state index contributed by atoms with van der Waals surface area (Å²) in [5.74, 6) is 0.220. The van der Waals surface area contributed by atoms with E-state index in [-0.39, 0.29) is 29.8 Å². The molecular formula is C15H21ClN2O. The quantitative estimate of drug-likeness (QED) is 0.818. The molecule has 0 saturated heterocycles. The van der Waals surface area contributed by atoms with Crippen LogP contribution in [0, 0.1) is 5.41 Å². The molecule has 0 aliphatic heterocycles. The van der Waals surface area contributed by atoms with Gasteiger partial charge >= 0.3 is 0 Å². The van der Waals surface area contributed by atoms with Gasteiger partial charge in [-0.3, -0.25) is 4.79 Å². The lowest BCUT2D eigenvalue weighted by molar-refractivity contribution is -0.126. The molecule has 4 heteroatoms. The number of amides is 1. The van der Waals surface area contributed by atoms with Crippen LogP contribution < -0.4 is 11.1 Å². The molecule has 0 bridgehead atoms. The van der Waals surface area contributed by atoms with Crippen LogP contribution in [0.3, 0.4) is 0 Å². The molecule has 0 radical (unpaired) electrons. The average Bonchev–Trinajstić information content (AvgIpc) is 3.08. The van der Waals surface area contributed by atoms with Gasteiger partial charge in [-0.1, -0.05) is 13.0 Å². The van der Waals surface area contributed by atoms with Crippen molar-refractivity contribution >= 4 is 24.0 Å². The van der Waals surface area contributed by atoms with E-state index in [0.717, 1.165) is 37.8 Å². The van der Waals surface area contributed by atoms with Gasteiger partial charge in [0.25, 0.3) is 0 Å². The van der Waals surface area contributed by atoms with Gasteiger partial charge in [-0.2, -0.15) is 0 Å². The number of nitrogens with one attached hydrogen (secondary N) is 1. The first kappa shape index (κ1) is 14.2. The van der Waals surface area contributed by atoms with Crippen LogP contribution in [-0.2, 0) is 11.2 Å². The van der Waals surface area contributed by atoms with Gasteiger partial charge in [-0.15, -0.1) is 12.4 Å². The monoisotopic (exact) mass is 280 g/mol. The summed E-state index contributed by atoms with van der Waals surface area (Å²) >= 11 is 0. The Kier molecular flexibility index (Phi) is 3.77. The van der Waals surface area contributed by atoms with Gasteiger partial charge in [-0.25, -0.2) is 0 Å². The second-order valence-electron chi connectivity index (χ2n) is 5.94. The molecular weight excluding hydrogens is 260 g/mol. The van der Waals surface area contributed by atoms with Crippen molar-refractivity contribution in [3.63, 3.8) is 0 Å². The molecule has 1 aromatic carbocycles. The Hall–Kier alpha value is -1.22. The molecule has 3 N–H and O–H groups in total. The lowest BCUT2D eigenvalue weighted by atomic mass is 9.87. The summed E-state index contributed by atoms with van der Waals surface area (Å²) in [6.07, 6.45) is 5.29. The van der Waals surface area contributed by atoms with Gasteiger partial charge in [0.05, 0.1) is 6.04 Å². The van der Waals surface area contributed by atoms with Gasteiger partial charge in [-0.05, 0) is 55.4 Å². The van der Waals surface area contributed by atoms with E-state index >= 15 is 0 Å². The molecule has 1 unspecified atom stereocenters. The lowest BCUT2D eigenvalue weighted by Gasteiger charge is -2.27. The predicted molar refractivity (Wildman–Crippen MR) is 79.3 cm³/mol. The van der Waals surface area contributed by atoms with E-state index < -0.39 is 0 Å². The van der Waals surface area contributed by atoms with E-state index in [1.165, 1.54) is 11.1 Å². The van der Waals surface area contributed by atoms with E-state index in [1.807, 2.05) is 12.1 Å². The van der Waals surface area contributed by atoms with Crippen LogP contribution in [0.1, 0.15) is 49.8 Å². The highest BCUT2D eigenvalue weighted by molar-refractivity contribution is 5.85. The minimum absolute atomic E-state index is 0. The maximum Gasteiger partial charge on any atom is 0.226 e. The second-order valence-corrected chi connectivity index (χ2v) is 5.94. The predicted octanol–water partition coefficient (Wildman–Crippen LogP) is 2.98. The van der Waals surface area contributed by atoms with Crippen LogP contribution in [0.25, 0.3) is 0 Å². The first-order valence-electron chi connectivity index (χ1n) is 6.78. The Labute approximate surface area is 120 Å². The van der Waals surface area contributed by atoms with Crippen LogP contribution >= 0.6 is 12.4 Å². The van der Waals surface area contributed by atoms with Crippen LogP contribution in [0.15, 0.2) is 18.2 Å². The zero-order valence-electron chi connectivity index (χ0n) is 11.2. The Balaban J connectivity index is 0.00000133. The third kappa shape index (κ3) is 2.71. The molecule has 0 aromatic heterocycles. The number of aryl methyl sites for hydroxylation is 1. The maximum atomic E-state index is 12.1. The van der Waals surface area contributed by atoms with Crippen LogP contribution in [0.2, 0.25) is 0 Å². The molecule has 1 aromatic rings. The fourth-order valence-corrected chi connectivity index (χ4v) is 2.73. The SMILES string of the molecule is CC1(C(=O)NC2CCCc3cc(N)ccc32)CC1.Cl. The Morgan fingerprint density at radius 2 is 2.16 bits per heavy atom. The van der Waals surface area contributed by atoms with Crippen LogP contribution in [0.4, 0.5) is 5.69 Å². The van der Waals surface area contributed by atoms with Crippen molar-refractivity contribution in [3.05, 3.63) is 29.3 Å². The van der Waals surface area contributed by atoms with E-state index in [0.29, 0.717) is 0 Å². The summed E-state index contributed by atoms with van der Waals surface area (Å²) in [6, 6.07) is 6.23. The molecule has 0 spiro atoms. The molecule has 3 rings (SSSR count). The molecule has 104 valence electrons. The number of hydrogen-bond donors (Lipinski definition) is 2. The van der Waals surface area contributed by atoms with Gasteiger partial charge in [0.15, 0.2) is 0 Å². The number of carbonyl (C=O) groups excluding carboxylic acids is 1. The first-order valence-corrected chi connectivity index (χ1v) is 6.78. The number of halogens is 1. The minimum atomic E-state index is -0.0918. The maximum absolute atomic E-state index is 12.1.